The first-order valence-corrected chi connectivity index (χ1v) is 9.16. The minimum absolute atomic E-state index is 0.123. The molecule has 32 heavy (non-hydrogen) atoms. The Morgan fingerprint density at radius 2 is 1.81 bits per heavy atom. The highest BCUT2D eigenvalue weighted by Gasteiger charge is 2.41. The number of aryl methyl sites for hydroxylation is 1. The minimum atomic E-state index is -4.97. The van der Waals surface area contributed by atoms with Gasteiger partial charge in [0.1, 0.15) is 11.4 Å². The van der Waals surface area contributed by atoms with Gasteiger partial charge >= 0.3 is 12.4 Å². The Hall–Kier alpha value is -3.57. The Morgan fingerprint density at radius 1 is 1.06 bits per heavy atom. The summed E-state index contributed by atoms with van der Waals surface area (Å²) in [5.41, 5.74) is 0.427. The molecule has 0 saturated heterocycles. The fraction of sp³-hybridized carbons (Fsp3) is 0.250. The normalized spacial score (nSPS) is 13.5. The van der Waals surface area contributed by atoms with Crippen LogP contribution in [0.2, 0.25) is 0 Å². The van der Waals surface area contributed by atoms with Crippen LogP contribution in [0.1, 0.15) is 18.1 Å². The molecule has 4 rings (SSSR count). The molecule has 0 saturated carbocycles. The van der Waals surface area contributed by atoms with Crippen LogP contribution < -0.4 is 4.74 Å². The highest BCUT2D eigenvalue weighted by Crippen LogP contribution is 2.40. The Bertz CT molecular complexity index is 1280. The van der Waals surface area contributed by atoms with Gasteiger partial charge in [0.25, 0.3) is 5.89 Å². The van der Waals surface area contributed by atoms with Gasteiger partial charge in [-0.3, -0.25) is 0 Å². The maximum absolute atomic E-state index is 13.5. The van der Waals surface area contributed by atoms with Gasteiger partial charge in [0, 0.05) is 35.3 Å². The zero-order valence-electron chi connectivity index (χ0n) is 16.5. The number of fused-ring (bicyclic) bond motifs is 1. The maximum atomic E-state index is 13.5. The molecule has 0 aliphatic rings. The van der Waals surface area contributed by atoms with E-state index in [1.807, 2.05) is 0 Å². The molecule has 6 nitrogen and oxygen atoms in total. The fourth-order valence-electron chi connectivity index (χ4n) is 3.06. The fourth-order valence-corrected chi connectivity index (χ4v) is 3.06. The van der Waals surface area contributed by atoms with Crippen LogP contribution in [0, 0.1) is 6.92 Å². The van der Waals surface area contributed by atoms with Gasteiger partial charge in [0.2, 0.25) is 5.82 Å². The molecule has 0 aliphatic heterocycles. The lowest BCUT2D eigenvalue weighted by atomic mass is 10.1. The SMILES string of the molecule is Cc1c(-c2noc(-c3ccc(OC(C)C(F)(F)F)c(C(F)(F)F)c3)n2)ccn2ccnc12. The van der Waals surface area contributed by atoms with Crippen LogP contribution in [0.25, 0.3) is 28.5 Å². The van der Waals surface area contributed by atoms with Crippen molar-refractivity contribution in [1.29, 1.82) is 0 Å². The summed E-state index contributed by atoms with van der Waals surface area (Å²) in [7, 11) is 0. The Morgan fingerprint density at radius 3 is 2.50 bits per heavy atom. The highest BCUT2D eigenvalue weighted by molar-refractivity contribution is 5.69. The smallest absolute Gasteiger partial charge is 0.425 e. The molecule has 1 aromatic carbocycles. The number of aromatic nitrogens is 4. The highest BCUT2D eigenvalue weighted by atomic mass is 19.4. The van der Waals surface area contributed by atoms with Crippen molar-refractivity contribution in [3.63, 3.8) is 0 Å². The molecule has 1 atom stereocenters. The van der Waals surface area contributed by atoms with Gasteiger partial charge < -0.3 is 13.7 Å². The molecule has 1 unspecified atom stereocenters. The lowest BCUT2D eigenvalue weighted by Gasteiger charge is -2.20. The van der Waals surface area contributed by atoms with Crippen molar-refractivity contribution in [2.45, 2.75) is 32.3 Å². The van der Waals surface area contributed by atoms with E-state index in [0.29, 0.717) is 24.2 Å². The van der Waals surface area contributed by atoms with Gasteiger partial charge in [-0.15, -0.1) is 0 Å². The van der Waals surface area contributed by atoms with E-state index in [0.717, 1.165) is 17.7 Å². The van der Waals surface area contributed by atoms with Crippen LogP contribution in [-0.2, 0) is 6.18 Å². The number of imidazole rings is 1. The summed E-state index contributed by atoms with van der Waals surface area (Å²) in [5, 5.41) is 3.83. The van der Waals surface area contributed by atoms with E-state index < -0.39 is 29.8 Å². The Balaban J connectivity index is 1.71. The van der Waals surface area contributed by atoms with Gasteiger partial charge in [-0.1, -0.05) is 5.16 Å². The van der Waals surface area contributed by atoms with Gasteiger partial charge in [-0.05, 0) is 38.1 Å². The largest absolute Gasteiger partial charge is 0.481 e. The van der Waals surface area contributed by atoms with Gasteiger partial charge in [0.15, 0.2) is 6.10 Å². The van der Waals surface area contributed by atoms with Gasteiger partial charge in [0.05, 0.1) is 5.56 Å². The van der Waals surface area contributed by atoms with E-state index in [2.05, 4.69) is 19.9 Å². The minimum Gasteiger partial charge on any atom is -0.481 e. The molecule has 3 aromatic heterocycles. The molecule has 0 spiro atoms. The number of ether oxygens (including phenoxy) is 1. The topological polar surface area (TPSA) is 65.5 Å². The number of pyridine rings is 1. The van der Waals surface area contributed by atoms with Crippen LogP contribution in [-0.4, -0.2) is 31.8 Å². The third kappa shape index (κ3) is 3.99. The summed E-state index contributed by atoms with van der Waals surface area (Å²) in [4.78, 5) is 8.37. The van der Waals surface area contributed by atoms with E-state index in [1.165, 1.54) is 0 Å². The maximum Gasteiger partial charge on any atom is 0.425 e. The van der Waals surface area contributed by atoms with E-state index >= 15 is 0 Å². The van der Waals surface area contributed by atoms with Crippen molar-refractivity contribution in [2.24, 2.45) is 0 Å². The summed E-state index contributed by atoms with van der Waals surface area (Å²) in [5.74, 6) is -1.06. The molecular formula is C20H14F6N4O2. The molecule has 3 heterocycles. The quantitative estimate of drug-likeness (QED) is 0.368. The van der Waals surface area contributed by atoms with Crippen LogP contribution in [0.4, 0.5) is 26.3 Å². The predicted molar refractivity (Wildman–Crippen MR) is 99.8 cm³/mol. The molecule has 0 amide bonds. The lowest BCUT2D eigenvalue weighted by molar-refractivity contribution is -0.191. The number of nitrogens with zero attached hydrogens (tertiary/aromatic N) is 4. The van der Waals surface area contributed by atoms with Gasteiger partial charge in [-0.2, -0.15) is 31.3 Å². The summed E-state index contributed by atoms with van der Waals surface area (Å²) in [6.07, 6.45) is -7.15. The Labute approximate surface area is 176 Å². The zero-order valence-corrected chi connectivity index (χ0v) is 16.5. The van der Waals surface area contributed by atoms with E-state index in [9.17, 15) is 26.3 Å². The van der Waals surface area contributed by atoms with E-state index in [1.54, 1.807) is 36.0 Å². The van der Waals surface area contributed by atoms with Crippen LogP contribution in [0.5, 0.6) is 5.75 Å². The monoisotopic (exact) mass is 456 g/mol. The molecule has 0 N–H and O–H groups in total. The molecule has 168 valence electrons. The van der Waals surface area contributed by atoms with Crippen LogP contribution in [0.15, 0.2) is 47.4 Å². The zero-order chi connectivity index (χ0) is 23.3. The second kappa shape index (κ2) is 7.53. The van der Waals surface area contributed by atoms with Gasteiger partial charge in [-0.25, -0.2) is 4.98 Å². The summed E-state index contributed by atoms with van der Waals surface area (Å²) >= 11 is 0. The van der Waals surface area contributed by atoms with Crippen molar-refractivity contribution < 1.29 is 35.6 Å². The van der Waals surface area contributed by atoms with Crippen molar-refractivity contribution in [1.82, 2.24) is 19.5 Å². The number of alkyl halides is 6. The third-order valence-electron chi connectivity index (χ3n) is 4.77. The number of halogens is 6. The first kappa shape index (κ1) is 21.7. The second-order valence-corrected chi connectivity index (χ2v) is 6.95. The van der Waals surface area contributed by atoms with E-state index in [4.69, 9.17) is 4.52 Å². The summed E-state index contributed by atoms with van der Waals surface area (Å²) in [6.45, 7) is 2.40. The molecular weight excluding hydrogens is 442 g/mol. The second-order valence-electron chi connectivity index (χ2n) is 6.95. The molecule has 0 fully saturated rings. The van der Waals surface area contributed by atoms with Crippen molar-refractivity contribution in [3.8, 4) is 28.6 Å². The number of rotatable bonds is 4. The van der Waals surface area contributed by atoms with Crippen molar-refractivity contribution >= 4 is 5.65 Å². The molecule has 0 radical (unpaired) electrons. The molecule has 0 aliphatic carbocycles. The first-order valence-electron chi connectivity index (χ1n) is 9.16. The summed E-state index contributed by atoms with van der Waals surface area (Å²) in [6, 6.07) is 4.23. The molecule has 0 bridgehead atoms. The lowest BCUT2D eigenvalue weighted by Crippen LogP contribution is -2.31. The molecule has 12 heteroatoms. The average Bonchev–Trinajstić information content (AvgIpc) is 3.37. The average molecular weight is 456 g/mol. The van der Waals surface area contributed by atoms with E-state index in [-0.39, 0.29) is 17.3 Å². The van der Waals surface area contributed by atoms with Crippen LogP contribution >= 0.6 is 0 Å². The first-order chi connectivity index (χ1) is 14.9. The number of hydrogen-bond donors (Lipinski definition) is 0. The van der Waals surface area contributed by atoms with Crippen molar-refractivity contribution in [2.75, 3.05) is 0 Å². The summed E-state index contributed by atoms with van der Waals surface area (Å²) < 4.78 is 90.1. The Kier molecular flexibility index (Phi) is 5.10. The molecule has 4 aromatic rings. The third-order valence-corrected chi connectivity index (χ3v) is 4.77. The predicted octanol–water partition coefficient (Wildman–Crippen LogP) is 5.71. The number of hydrogen-bond acceptors (Lipinski definition) is 5. The standard InChI is InChI=1S/C20H14F6N4O2/c1-10-13(5-7-30-8-6-27-17(10)30)16-28-18(32-29-16)12-3-4-15(14(9-12)20(24,25)26)31-11(2)19(21,22)23/h3-9,11H,1-2H3. The van der Waals surface area contributed by atoms with Crippen molar-refractivity contribution in [3.05, 3.63) is 54.0 Å². The van der Waals surface area contributed by atoms with Crippen LogP contribution in [0.3, 0.4) is 0 Å². The number of benzene rings is 1.